The number of unbranched alkanes of at least 4 members (excludes halogenated alkanes) is 2. The minimum absolute atomic E-state index is 0.163. The normalized spacial score (nSPS) is 11.8. The molecule has 13 heavy (non-hydrogen) atoms. The Hall–Kier alpha value is -0.130. The van der Waals surface area contributed by atoms with Crippen molar-refractivity contribution in [3.8, 4) is 0 Å². The average molecular weight is 210 g/mol. The van der Waals surface area contributed by atoms with Crippen LogP contribution in [0.15, 0.2) is 0 Å². The van der Waals surface area contributed by atoms with Crippen LogP contribution in [-0.2, 0) is 14.9 Å². The molecule has 1 N–H and O–H groups in total. The van der Waals surface area contributed by atoms with Gasteiger partial charge in [-0.15, -0.1) is 0 Å². The molecular formula is C8H18O4S. The van der Waals surface area contributed by atoms with Crippen molar-refractivity contribution in [2.24, 2.45) is 0 Å². The highest BCUT2D eigenvalue weighted by Gasteiger charge is 2.02. The SMILES string of the molecule is CCCCOCCCCS(=O)(=O)O. The molecule has 0 aliphatic carbocycles. The van der Waals surface area contributed by atoms with E-state index in [1.54, 1.807) is 0 Å². The van der Waals surface area contributed by atoms with Crippen molar-refractivity contribution in [2.45, 2.75) is 32.6 Å². The third-order valence-electron chi connectivity index (χ3n) is 1.58. The van der Waals surface area contributed by atoms with Crippen LogP contribution in [0.5, 0.6) is 0 Å². The van der Waals surface area contributed by atoms with Gasteiger partial charge in [0.05, 0.1) is 5.75 Å². The van der Waals surface area contributed by atoms with E-state index >= 15 is 0 Å². The van der Waals surface area contributed by atoms with Gasteiger partial charge in [0.1, 0.15) is 0 Å². The summed E-state index contributed by atoms with van der Waals surface area (Å²) in [7, 11) is -3.78. The van der Waals surface area contributed by atoms with Crippen molar-refractivity contribution in [1.29, 1.82) is 0 Å². The van der Waals surface area contributed by atoms with Gasteiger partial charge in [0.2, 0.25) is 0 Å². The molecule has 0 rings (SSSR count). The average Bonchev–Trinajstić information content (AvgIpc) is 2.01. The molecule has 0 atom stereocenters. The molecule has 0 aliphatic rings. The molecule has 0 heterocycles. The van der Waals surface area contributed by atoms with Gasteiger partial charge in [-0.05, 0) is 19.3 Å². The second-order valence-corrected chi connectivity index (χ2v) is 4.53. The van der Waals surface area contributed by atoms with E-state index in [-0.39, 0.29) is 5.75 Å². The molecule has 0 saturated carbocycles. The summed E-state index contributed by atoms with van der Waals surface area (Å²) in [6.07, 6.45) is 3.29. The zero-order valence-electron chi connectivity index (χ0n) is 8.03. The monoisotopic (exact) mass is 210 g/mol. The van der Waals surface area contributed by atoms with E-state index in [2.05, 4.69) is 6.92 Å². The standard InChI is InChI=1S/C8H18O4S/c1-2-3-6-12-7-4-5-8-13(9,10)11/h2-8H2,1H3,(H,9,10,11). The molecule has 0 spiro atoms. The van der Waals surface area contributed by atoms with Crippen molar-refractivity contribution >= 4 is 10.1 Å². The Bertz CT molecular complexity index is 198. The zero-order chi connectivity index (χ0) is 10.2. The van der Waals surface area contributed by atoms with E-state index in [4.69, 9.17) is 9.29 Å². The summed E-state index contributed by atoms with van der Waals surface area (Å²) in [6.45, 7) is 3.40. The van der Waals surface area contributed by atoms with Crippen molar-refractivity contribution < 1.29 is 17.7 Å². The predicted octanol–water partition coefficient (Wildman–Crippen LogP) is 1.47. The molecule has 0 aliphatic heterocycles. The molecule has 0 amide bonds. The fourth-order valence-corrected chi connectivity index (χ4v) is 1.41. The molecule has 0 saturated heterocycles. The minimum atomic E-state index is -3.78. The molecule has 0 bridgehead atoms. The van der Waals surface area contributed by atoms with E-state index in [1.807, 2.05) is 0 Å². The first-order chi connectivity index (χ1) is 6.06. The van der Waals surface area contributed by atoms with Crippen LogP contribution in [0.3, 0.4) is 0 Å². The summed E-state index contributed by atoms with van der Waals surface area (Å²) in [4.78, 5) is 0. The van der Waals surface area contributed by atoms with Gasteiger partial charge in [-0.3, -0.25) is 4.55 Å². The first-order valence-electron chi connectivity index (χ1n) is 4.59. The second kappa shape index (κ2) is 7.29. The Kier molecular flexibility index (Phi) is 7.22. The van der Waals surface area contributed by atoms with Gasteiger partial charge < -0.3 is 4.74 Å². The largest absolute Gasteiger partial charge is 0.381 e. The van der Waals surface area contributed by atoms with Gasteiger partial charge in [0.15, 0.2) is 0 Å². The molecule has 0 fully saturated rings. The number of hydrogen-bond donors (Lipinski definition) is 1. The Morgan fingerprint density at radius 2 is 1.77 bits per heavy atom. The lowest BCUT2D eigenvalue weighted by atomic mass is 10.3. The number of ether oxygens (including phenoxy) is 1. The maximum Gasteiger partial charge on any atom is 0.264 e. The van der Waals surface area contributed by atoms with Crippen LogP contribution < -0.4 is 0 Å². The van der Waals surface area contributed by atoms with Crippen molar-refractivity contribution in [2.75, 3.05) is 19.0 Å². The topological polar surface area (TPSA) is 63.6 Å². The summed E-state index contributed by atoms with van der Waals surface area (Å²) < 4.78 is 34.2. The van der Waals surface area contributed by atoms with Gasteiger partial charge in [-0.25, -0.2) is 0 Å². The molecule has 0 aromatic carbocycles. The van der Waals surface area contributed by atoms with Crippen molar-refractivity contribution in [1.82, 2.24) is 0 Å². The lowest BCUT2D eigenvalue weighted by molar-refractivity contribution is 0.128. The van der Waals surface area contributed by atoms with Crippen molar-refractivity contribution in [3.63, 3.8) is 0 Å². The Balaban J connectivity index is 3.09. The summed E-state index contributed by atoms with van der Waals surface area (Å²) in [5.41, 5.74) is 0. The molecule has 5 heteroatoms. The third-order valence-corrected chi connectivity index (χ3v) is 2.39. The van der Waals surface area contributed by atoms with Gasteiger partial charge in [-0.1, -0.05) is 13.3 Å². The first-order valence-corrected chi connectivity index (χ1v) is 6.20. The maximum atomic E-state index is 10.3. The molecular weight excluding hydrogens is 192 g/mol. The highest BCUT2D eigenvalue weighted by molar-refractivity contribution is 7.85. The maximum absolute atomic E-state index is 10.3. The highest BCUT2D eigenvalue weighted by atomic mass is 32.2. The van der Waals surface area contributed by atoms with Crippen LogP contribution in [0.2, 0.25) is 0 Å². The smallest absolute Gasteiger partial charge is 0.264 e. The molecule has 0 aromatic rings. The summed E-state index contributed by atoms with van der Waals surface area (Å²) in [5, 5.41) is 0. The molecule has 0 aromatic heterocycles. The third kappa shape index (κ3) is 11.9. The quantitative estimate of drug-likeness (QED) is 0.487. The lowest BCUT2D eigenvalue weighted by Gasteiger charge is -2.01. The second-order valence-electron chi connectivity index (χ2n) is 2.96. The minimum Gasteiger partial charge on any atom is -0.381 e. The fourth-order valence-electron chi connectivity index (χ4n) is 0.837. The van der Waals surface area contributed by atoms with Gasteiger partial charge in [0.25, 0.3) is 10.1 Å². The molecule has 4 nitrogen and oxygen atoms in total. The fraction of sp³-hybridized carbons (Fsp3) is 1.00. The van der Waals surface area contributed by atoms with Crippen molar-refractivity contribution in [3.05, 3.63) is 0 Å². The van der Waals surface area contributed by atoms with Gasteiger partial charge in [0, 0.05) is 13.2 Å². The highest BCUT2D eigenvalue weighted by Crippen LogP contribution is 1.96. The Morgan fingerprint density at radius 1 is 1.15 bits per heavy atom. The number of hydrogen-bond acceptors (Lipinski definition) is 3. The van der Waals surface area contributed by atoms with E-state index in [9.17, 15) is 8.42 Å². The van der Waals surface area contributed by atoms with Gasteiger partial charge >= 0.3 is 0 Å². The van der Waals surface area contributed by atoms with Crippen LogP contribution in [0.25, 0.3) is 0 Å². The van der Waals surface area contributed by atoms with Crippen LogP contribution in [0.4, 0.5) is 0 Å². The molecule has 0 unspecified atom stereocenters. The van der Waals surface area contributed by atoms with Crippen LogP contribution >= 0.6 is 0 Å². The van der Waals surface area contributed by atoms with Crippen LogP contribution in [0.1, 0.15) is 32.6 Å². The summed E-state index contributed by atoms with van der Waals surface area (Å²) in [6, 6.07) is 0. The first kappa shape index (κ1) is 12.9. The van der Waals surface area contributed by atoms with Gasteiger partial charge in [-0.2, -0.15) is 8.42 Å². The van der Waals surface area contributed by atoms with Crippen LogP contribution in [-0.4, -0.2) is 31.9 Å². The molecule has 80 valence electrons. The zero-order valence-corrected chi connectivity index (χ0v) is 8.85. The summed E-state index contributed by atoms with van der Waals surface area (Å²) in [5.74, 6) is -0.163. The summed E-state index contributed by atoms with van der Waals surface area (Å²) >= 11 is 0. The lowest BCUT2D eigenvalue weighted by Crippen LogP contribution is -2.05. The number of rotatable bonds is 8. The Morgan fingerprint density at radius 3 is 2.31 bits per heavy atom. The molecule has 0 radical (unpaired) electrons. The van der Waals surface area contributed by atoms with E-state index < -0.39 is 10.1 Å². The Labute approximate surface area is 80.0 Å². The van der Waals surface area contributed by atoms with Crippen LogP contribution in [0, 0.1) is 0 Å². The van der Waals surface area contributed by atoms with E-state index in [0.717, 1.165) is 19.4 Å². The van der Waals surface area contributed by atoms with E-state index in [1.165, 1.54) is 0 Å². The van der Waals surface area contributed by atoms with E-state index in [0.29, 0.717) is 19.4 Å². The predicted molar refractivity (Wildman–Crippen MR) is 51.4 cm³/mol.